The number of ether oxygens (including phenoxy) is 1. The van der Waals surface area contributed by atoms with Gasteiger partial charge in [-0.1, -0.05) is 0 Å². The van der Waals surface area contributed by atoms with Gasteiger partial charge in [-0.2, -0.15) is 0 Å². The van der Waals surface area contributed by atoms with Crippen LogP contribution in [0.5, 0.6) is 5.88 Å². The van der Waals surface area contributed by atoms with Gasteiger partial charge in [-0.3, -0.25) is 14.5 Å². The molecule has 0 bridgehead atoms. The number of aromatic nitrogens is 1. The summed E-state index contributed by atoms with van der Waals surface area (Å²) in [7, 11) is 1.52. The molecular formula is C19H21FN4O3. The molecular weight excluding hydrogens is 351 g/mol. The van der Waals surface area contributed by atoms with Crippen molar-refractivity contribution >= 4 is 17.5 Å². The van der Waals surface area contributed by atoms with Crippen molar-refractivity contribution in [2.75, 3.05) is 45.2 Å². The molecule has 0 spiro atoms. The minimum atomic E-state index is -0.346. The maximum absolute atomic E-state index is 12.9. The first kappa shape index (κ1) is 18.8. The van der Waals surface area contributed by atoms with Gasteiger partial charge in [0, 0.05) is 44.1 Å². The number of amides is 2. The lowest BCUT2D eigenvalue weighted by atomic mass is 10.2. The molecule has 3 rings (SSSR count). The highest BCUT2D eigenvalue weighted by molar-refractivity contribution is 5.94. The lowest BCUT2D eigenvalue weighted by molar-refractivity contribution is -0.117. The molecule has 0 radical (unpaired) electrons. The van der Waals surface area contributed by atoms with Crippen molar-refractivity contribution < 1.29 is 18.7 Å². The standard InChI is InChI=1S/C19H21FN4O3/c1-27-18-7-2-14(12-21-18)19(26)24-10-8-23(9-11-24)13-17(25)22-16-5-3-15(20)4-6-16/h2-7,12H,8-11,13H2,1H3,(H,22,25). The summed E-state index contributed by atoms with van der Waals surface area (Å²) in [5.74, 6) is -0.134. The molecule has 7 nitrogen and oxygen atoms in total. The molecule has 1 fully saturated rings. The Hall–Kier alpha value is -3.00. The smallest absolute Gasteiger partial charge is 0.255 e. The fraction of sp³-hybridized carbons (Fsp3) is 0.316. The number of hydrogen-bond acceptors (Lipinski definition) is 5. The molecule has 142 valence electrons. The summed E-state index contributed by atoms with van der Waals surface area (Å²) in [6.07, 6.45) is 1.50. The Morgan fingerprint density at radius 3 is 2.41 bits per heavy atom. The predicted molar refractivity (Wildman–Crippen MR) is 98.2 cm³/mol. The highest BCUT2D eigenvalue weighted by Gasteiger charge is 2.23. The largest absolute Gasteiger partial charge is 0.481 e. The Labute approximate surface area is 156 Å². The zero-order chi connectivity index (χ0) is 19.2. The van der Waals surface area contributed by atoms with Gasteiger partial charge in [0.25, 0.3) is 5.91 Å². The third kappa shape index (κ3) is 5.01. The van der Waals surface area contributed by atoms with Gasteiger partial charge < -0.3 is 15.0 Å². The van der Waals surface area contributed by atoms with Crippen molar-refractivity contribution in [2.45, 2.75) is 0 Å². The van der Waals surface area contributed by atoms with Gasteiger partial charge in [-0.05, 0) is 30.3 Å². The van der Waals surface area contributed by atoms with E-state index in [9.17, 15) is 14.0 Å². The van der Waals surface area contributed by atoms with E-state index >= 15 is 0 Å². The zero-order valence-corrected chi connectivity index (χ0v) is 15.0. The minimum absolute atomic E-state index is 0.0828. The van der Waals surface area contributed by atoms with Crippen LogP contribution in [0.3, 0.4) is 0 Å². The first-order valence-corrected chi connectivity index (χ1v) is 8.62. The number of piperazine rings is 1. The van der Waals surface area contributed by atoms with Crippen LogP contribution in [-0.2, 0) is 4.79 Å². The van der Waals surface area contributed by atoms with Crippen LogP contribution in [0.15, 0.2) is 42.6 Å². The number of anilines is 1. The van der Waals surface area contributed by atoms with Crippen molar-refractivity contribution in [3.8, 4) is 5.88 Å². The molecule has 27 heavy (non-hydrogen) atoms. The first-order valence-electron chi connectivity index (χ1n) is 8.62. The third-order valence-electron chi connectivity index (χ3n) is 4.35. The highest BCUT2D eigenvalue weighted by Crippen LogP contribution is 2.12. The topological polar surface area (TPSA) is 74.8 Å². The summed E-state index contributed by atoms with van der Waals surface area (Å²) < 4.78 is 17.9. The van der Waals surface area contributed by atoms with Crippen molar-refractivity contribution in [1.29, 1.82) is 0 Å². The second kappa shape index (κ2) is 8.59. The van der Waals surface area contributed by atoms with E-state index in [-0.39, 0.29) is 24.2 Å². The number of hydrogen-bond donors (Lipinski definition) is 1. The molecule has 1 aliphatic heterocycles. The van der Waals surface area contributed by atoms with Crippen LogP contribution in [0, 0.1) is 5.82 Å². The molecule has 8 heteroatoms. The molecule has 1 aliphatic rings. The molecule has 1 saturated heterocycles. The normalized spacial score (nSPS) is 14.7. The Morgan fingerprint density at radius 2 is 1.81 bits per heavy atom. The van der Waals surface area contributed by atoms with Gasteiger partial charge in [0.15, 0.2) is 0 Å². The Balaban J connectivity index is 1.47. The number of carbonyl (C=O) groups is 2. The molecule has 2 amide bonds. The third-order valence-corrected chi connectivity index (χ3v) is 4.35. The molecule has 0 saturated carbocycles. The lowest BCUT2D eigenvalue weighted by Gasteiger charge is -2.34. The van der Waals surface area contributed by atoms with Crippen LogP contribution >= 0.6 is 0 Å². The average molecular weight is 372 g/mol. The summed E-state index contributed by atoms with van der Waals surface area (Å²) in [5.41, 5.74) is 1.07. The number of nitrogens with zero attached hydrogens (tertiary/aromatic N) is 3. The van der Waals surface area contributed by atoms with Crippen LogP contribution < -0.4 is 10.1 Å². The van der Waals surface area contributed by atoms with Crippen LogP contribution in [0.2, 0.25) is 0 Å². The summed E-state index contributed by atoms with van der Waals surface area (Å²) in [5, 5.41) is 2.74. The monoisotopic (exact) mass is 372 g/mol. The van der Waals surface area contributed by atoms with Gasteiger partial charge in [0.05, 0.1) is 19.2 Å². The number of rotatable bonds is 5. The molecule has 0 aliphatic carbocycles. The molecule has 0 atom stereocenters. The Morgan fingerprint density at radius 1 is 1.11 bits per heavy atom. The van der Waals surface area contributed by atoms with E-state index in [0.29, 0.717) is 43.3 Å². The van der Waals surface area contributed by atoms with E-state index in [0.717, 1.165) is 0 Å². The quantitative estimate of drug-likeness (QED) is 0.863. The van der Waals surface area contributed by atoms with Crippen molar-refractivity contribution in [2.24, 2.45) is 0 Å². The molecule has 1 aromatic carbocycles. The number of nitrogens with one attached hydrogen (secondary N) is 1. The summed E-state index contributed by atoms with van der Waals surface area (Å²) in [4.78, 5) is 32.4. The van der Waals surface area contributed by atoms with Gasteiger partial charge in [0.1, 0.15) is 5.82 Å². The van der Waals surface area contributed by atoms with Crippen molar-refractivity contribution in [1.82, 2.24) is 14.8 Å². The van der Waals surface area contributed by atoms with E-state index in [4.69, 9.17) is 4.74 Å². The predicted octanol–water partition coefficient (Wildman–Crippen LogP) is 1.63. The molecule has 1 N–H and O–H groups in total. The van der Waals surface area contributed by atoms with Crippen LogP contribution in [-0.4, -0.2) is 66.4 Å². The molecule has 1 aromatic heterocycles. The van der Waals surface area contributed by atoms with Crippen LogP contribution in [0.4, 0.5) is 10.1 Å². The zero-order valence-electron chi connectivity index (χ0n) is 15.0. The van der Waals surface area contributed by atoms with E-state index in [1.54, 1.807) is 17.0 Å². The SMILES string of the molecule is COc1ccc(C(=O)N2CCN(CC(=O)Nc3ccc(F)cc3)CC2)cn1. The number of methoxy groups -OCH3 is 1. The second-order valence-corrected chi connectivity index (χ2v) is 6.21. The van der Waals surface area contributed by atoms with Crippen LogP contribution in [0.25, 0.3) is 0 Å². The lowest BCUT2D eigenvalue weighted by Crippen LogP contribution is -2.50. The summed E-state index contributed by atoms with van der Waals surface area (Å²) in [6, 6.07) is 8.99. The highest BCUT2D eigenvalue weighted by atomic mass is 19.1. The van der Waals surface area contributed by atoms with Crippen LogP contribution in [0.1, 0.15) is 10.4 Å². The summed E-state index contributed by atoms with van der Waals surface area (Å²) in [6.45, 7) is 2.51. The number of benzene rings is 1. The number of pyridine rings is 1. The van der Waals surface area contributed by atoms with E-state index in [2.05, 4.69) is 10.3 Å². The van der Waals surface area contributed by atoms with Crippen molar-refractivity contribution in [3.63, 3.8) is 0 Å². The van der Waals surface area contributed by atoms with Gasteiger partial charge in [-0.25, -0.2) is 9.37 Å². The first-order chi connectivity index (χ1) is 13.0. The van der Waals surface area contributed by atoms with Gasteiger partial charge in [-0.15, -0.1) is 0 Å². The Bertz CT molecular complexity index is 788. The maximum atomic E-state index is 12.9. The molecule has 2 heterocycles. The van der Waals surface area contributed by atoms with E-state index < -0.39 is 0 Å². The number of carbonyl (C=O) groups excluding carboxylic acids is 2. The maximum Gasteiger partial charge on any atom is 0.255 e. The van der Waals surface area contributed by atoms with Crippen molar-refractivity contribution in [3.05, 3.63) is 54.0 Å². The van der Waals surface area contributed by atoms with Gasteiger partial charge in [0.2, 0.25) is 11.8 Å². The average Bonchev–Trinajstić information content (AvgIpc) is 2.70. The molecule has 2 aromatic rings. The fourth-order valence-electron chi connectivity index (χ4n) is 2.86. The minimum Gasteiger partial charge on any atom is -0.481 e. The second-order valence-electron chi connectivity index (χ2n) is 6.21. The van der Waals surface area contributed by atoms with Gasteiger partial charge >= 0.3 is 0 Å². The fourth-order valence-corrected chi connectivity index (χ4v) is 2.86. The van der Waals surface area contributed by atoms with E-state index in [1.807, 2.05) is 4.90 Å². The van der Waals surface area contributed by atoms with E-state index in [1.165, 1.54) is 37.6 Å². The number of halogens is 1. The Kier molecular flexibility index (Phi) is 5.97. The summed E-state index contributed by atoms with van der Waals surface area (Å²) >= 11 is 0. The molecule has 0 unspecified atom stereocenters.